The lowest BCUT2D eigenvalue weighted by molar-refractivity contribution is -0.127. The Hall–Kier alpha value is -2.50. The molecule has 0 aromatic heterocycles. The number of carbonyl (C=O) groups excluding carboxylic acids is 2. The van der Waals surface area contributed by atoms with E-state index in [0.717, 1.165) is 19.3 Å². The van der Waals surface area contributed by atoms with E-state index in [1.807, 2.05) is 0 Å². The molecule has 6 heteroatoms. The van der Waals surface area contributed by atoms with E-state index in [1.54, 1.807) is 19.1 Å². The quantitative estimate of drug-likeness (QED) is 0.708. The molecule has 1 atom stereocenters. The van der Waals surface area contributed by atoms with Gasteiger partial charge < -0.3 is 20.5 Å². The van der Waals surface area contributed by atoms with Crippen LogP contribution in [-0.4, -0.2) is 31.6 Å². The van der Waals surface area contributed by atoms with Gasteiger partial charge in [-0.3, -0.25) is 9.59 Å². The monoisotopic (exact) mass is 346 g/mol. The van der Waals surface area contributed by atoms with E-state index in [4.69, 9.17) is 15.2 Å². The first-order valence-corrected chi connectivity index (χ1v) is 8.61. The summed E-state index contributed by atoms with van der Waals surface area (Å²) in [5, 5.41) is 2.88. The van der Waals surface area contributed by atoms with Crippen molar-refractivity contribution >= 4 is 11.8 Å². The predicted molar refractivity (Wildman–Crippen MR) is 95.8 cm³/mol. The fraction of sp³-hybridized carbons (Fsp3) is 0.474. The number of hydrogen-bond acceptors (Lipinski definition) is 4. The van der Waals surface area contributed by atoms with Crippen molar-refractivity contribution in [3.05, 3.63) is 35.4 Å². The lowest BCUT2D eigenvalue weighted by Crippen LogP contribution is -2.37. The minimum atomic E-state index is -0.745. The van der Waals surface area contributed by atoms with Crippen LogP contribution < -0.4 is 20.5 Å². The van der Waals surface area contributed by atoms with Crippen molar-refractivity contribution in [1.29, 1.82) is 0 Å². The highest BCUT2D eigenvalue weighted by Crippen LogP contribution is 2.25. The molecule has 2 rings (SSSR count). The molecule has 2 amide bonds. The lowest BCUT2D eigenvalue weighted by Gasteiger charge is -2.18. The van der Waals surface area contributed by atoms with Gasteiger partial charge in [0.25, 0.3) is 11.8 Å². The topological polar surface area (TPSA) is 90.7 Å². The Labute approximate surface area is 148 Å². The minimum absolute atomic E-state index is 0.216. The first-order valence-electron chi connectivity index (χ1n) is 8.61. The maximum atomic E-state index is 12.2. The Morgan fingerprint density at radius 2 is 2.12 bits per heavy atom. The molecule has 3 N–H and O–H groups in total. The number of amides is 2. The van der Waals surface area contributed by atoms with Crippen LogP contribution in [0.2, 0.25) is 0 Å². The van der Waals surface area contributed by atoms with Crippen LogP contribution in [0.4, 0.5) is 0 Å². The standard InChI is InChI=1S/C19H26N2O4/c1-13(19(23)21-11-10-14-6-4-3-5-7-14)25-17-12-15(24-2)8-9-16(17)18(20)22/h6,8-9,12-13H,3-5,7,10-11H2,1-2H3,(H2,20,22)(H,21,23). The number of hydrogen-bond donors (Lipinski definition) is 2. The van der Waals surface area contributed by atoms with Crippen LogP contribution >= 0.6 is 0 Å². The highest BCUT2D eigenvalue weighted by molar-refractivity contribution is 5.96. The van der Waals surface area contributed by atoms with E-state index in [1.165, 1.54) is 31.6 Å². The molecule has 0 heterocycles. The summed E-state index contributed by atoms with van der Waals surface area (Å²) < 4.78 is 10.8. The number of nitrogens with one attached hydrogen (secondary N) is 1. The molecule has 1 unspecified atom stereocenters. The van der Waals surface area contributed by atoms with Gasteiger partial charge in [0.2, 0.25) is 0 Å². The third-order valence-corrected chi connectivity index (χ3v) is 4.26. The molecular formula is C19H26N2O4. The minimum Gasteiger partial charge on any atom is -0.497 e. The molecule has 1 aliphatic rings. The first-order chi connectivity index (χ1) is 12.0. The van der Waals surface area contributed by atoms with Crippen LogP contribution in [0.3, 0.4) is 0 Å². The van der Waals surface area contributed by atoms with E-state index in [-0.39, 0.29) is 17.2 Å². The van der Waals surface area contributed by atoms with Gasteiger partial charge in [-0.05, 0) is 51.2 Å². The van der Waals surface area contributed by atoms with Crippen molar-refractivity contribution in [2.45, 2.75) is 45.1 Å². The van der Waals surface area contributed by atoms with Gasteiger partial charge in [-0.2, -0.15) is 0 Å². The van der Waals surface area contributed by atoms with E-state index >= 15 is 0 Å². The summed E-state index contributed by atoms with van der Waals surface area (Å²) in [5.74, 6) is -0.0783. The average Bonchev–Trinajstić information content (AvgIpc) is 2.62. The molecule has 6 nitrogen and oxygen atoms in total. The summed E-state index contributed by atoms with van der Waals surface area (Å²) in [7, 11) is 1.51. The summed E-state index contributed by atoms with van der Waals surface area (Å²) in [6, 6.07) is 4.70. The number of methoxy groups -OCH3 is 1. The fourth-order valence-electron chi connectivity index (χ4n) is 2.80. The molecule has 136 valence electrons. The number of primary amides is 1. The molecule has 0 spiro atoms. The molecule has 0 fully saturated rings. The second-order valence-corrected chi connectivity index (χ2v) is 6.14. The van der Waals surface area contributed by atoms with Crippen LogP contribution in [0, 0.1) is 0 Å². The van der Waals surface area contributed by atoms with Gasteiger partial charge in [0.05, 0.1) is 12.7 Å². The Morgan fingerprint density at radius 1 is 1.32 bits per heavy atom. The zero-order chi connectivity index (χ0) is 18.2. The Kier molecular flexibility index (Phi) is 6.86. The predicted octanol–water partition coefficient (Wildman–Crippen LogP) is 2.57. The second kappa shape index (κ2) is 9.11. The zero-order valence-electron chi connectivity index (χ0n) is 14.8. The normalized spacial score (nSPS) is 15.0. The van der Waals surface area contributed by atoms with Crippen LogP contribution in [0.25, 0.3) is 0 Å². The van der Waals surface area contributed by atoms with E-state index in [0.29, 0.717) is 12.3 Å². The van der Waals surface area contributed by atoms with Gasteiger partial charge in [0.15, 0.2) is 6.10 Å². The lowest BCUT2D eigenvalue weighted by atomic mass is 9.97. The van der Waals surface area contributed by atoms with Crippen molar-refractivity contribution in [3.8, 4) is 11.5 Å². The van der Waals surface area contributed by atoms with Crippen molar-refractivity contribution in [3.63, 3.8) is 0 Å². The van der Waals surface area contributed by atoms with E-state index < -0.39 is 12.0 Å². The summed E-state index contributed by atoms with van der Waals surface area (Å²) in [5.41, 5.74) is 6.98. The number of rotatable bonds is 8. The van der Waals surface area contributed by atoms with Crippen molar-refractivity contribution in [2.75, 3.05) is 13.7 Å². The summed E-state index contributed by atoms with van der Waals surface area (Å²) in [6.07, 6.45) is 7.12. The van der Waals surface area contributed by atoms with Crippen LogP contribution in [-0.2, 0) is 4.79 Å². The van der Waals surface area contributed by atoms with Crippen LogP contribution in [0.1, 0.15) is 49.4 Å². The number of allylic oxidation sites excluding steroid dienone is 1. The smallest absolute Gasteiger partial charge is 0.260 e. The third-order valence-electron chi connectivity index (χ3n) is 4.26. The maximum absolute atomic E-state index is 12.2. The number of nitrogens with two attached hydrogens (primary N) is 1. The summed E-state index contributed by atoms with van der Waals surface area (Å²) in [4.78, 5) is 23.7. The zero-order valence-corrected chi connectivity index (χ0v) is 14.8. The molecule has 0 saturated heterocycles. The highest BCUT2D eigenvalue weighted by atomic mass is 16.5. The molecule has 0 aliphatic heterocycles. The molecule has 1 aliphatic carbocycles. The van der Waals surface area contributed by atoms with Gasteiger partial charge in [0, 0.05) is 12.6 Å². The summed E-state index contributed by atoms with van der Waals surface area (Å²) >= 11 is 0. The van der Waals surface area contributed by atoms with Crippen molar-refractivity contribution in [2.24, 2.45) is 5.73 Å². The number of benzene rings is 1. The van der Waals surface area contributed by atoms with Gasteiger partial charge in [0.1, 0.15) is 11.5 Å². The highest BCUT2D eigenvalue weighted by Gasteiger charge is 2.18. The first kappa shape index (κ1) is 18.8. The van der Waals surface area contributed by atoms with Gasteiger partial charge >= 0.3 is 0 Å². The Morgan fingerprint density at radius 3 is 2.76 bits per heavy atom. The largest absolute Gasteiger partial charge is 0.497 e. The molecular weight excluding hydrogens is 320 g/mol. The Balaban J connectivity index is 1.91. The average molecular weight is 346 g/mol. The molecule has 1 aromatic rings. The number of carbonyl (C=O) groups is 2. The maximum Gasteiger partial charge on any atom is 0.260 e. The second-order valence-electron chi connectivity index (χ2n) is 6.14. The molecule has 0 bridgehead atoms. The van der Waals surface area contributed by atoms with Crippen LogP contribution in [0.15, 0.2) is 29.8 Å². The van der Waals surface area contributed by atoms with Gasteiger partial charge in [-0.15, -0.1) is 0 Å². The third kappa shape index (κ3) is 5.52. The van der Waals surface area contributed by atoms with Crippen LogP contribution in [0.5, 0.6) is 11.5 Å². The SMILES string of the molecule is COc1ccc(C(N)=O)c(OC(C)C(=O)NCCC2=CCCCC2)c1. The molecule has 0 radical (unpaired) electrons. The Bertz CT molecular complexity index is 655. The van der Waals surface area contributed by atoms with E-state index in [2.05, 4.69) is 11.4 Å². The molecule has 0 saturated carbocycles. The summed E-state index contributed by atoms with van der Waals surface area (Å²) in [6.45, 7) is 2.22. The molecule has 1 aromatic carbocycles. The van der Waals surface area contributed by atoms with E-state index in [9.17, 15) is 9.59 Å². The molecule has 25 heavy (non-hydrogen) atoms. The van der Waals surface area contributed by atoms with Crippen molar-refractivity contribution in [1.82, 2.24) is 5.32 Å². The van der Waals surface area contributed by atoms with Crippen molar-refractivity contribution < 1.29 is 19.1 Å². The van der Waals surface area contributed by atoms with Gasteiger partial charge in [-0.1, -0.05) is 11.6 Å². The van der Waals surface area contributed by atoms with Gasteiger partial charge in [-0.25, -0.2) is 0 Å². The fourth-order valence-corrected chi connectivity index (χ4v) is 2.80. The number of ether oxygens (including phenoxy) is 2.